The van der Waals surface area contributed by atoms with Crippen molar-refractivity contribution >= 4 is 24.3 Å². The van der Waals surface area contributed by atoms with E-state index < -0.39 is 17.8 Å². The summed E-state index contributed by atoms with van der Waals surface area (Å²) in [6.45, 7) is 0. The molecular weight excluding hydrogens is 254 g/mol. The van der Waals surface area contributed by atoms with Gasteiger partial charge in [0.2, 0.25) is 6.41 Å². The maximum absolute atomic E-state index is 10.7. The highest BCUT2D eigenvalue weighted by molar-refractivity contribution is 6.36. The lowest BCUT2D eigenvalue weighted by Gasteiger charge is -1.94. The maximum Gasteiger partial charge on any atom is 0.338 e. The quantitative estimate of drug-likeness (QED) is 0.303. The van der Waals surface area contributed by atoms with Crippen molar-refractivity contribution in [1.82, 2.24) is 10.9 Å². The van der Waals surface area contributed by atoms with E-state index in [9.17, 15) is 19.2 Å². The summed E-state index contributed by atoms with van der Waals surface area (Å²) in [5.41, 5.74) is 8.17. The number of benzene rings is 1. The molecule has 1 aliphatic heterocycles. The lowest BCUT2D eigenvalue weighted by atomic mass is 10.3. The minimum absolute atomic E-state index is 0.310. The number of carbonyl (C=O) groups excluding carboxylic acids is 4. The molecule has 0 bridgehead atoms. The zero-order valence-electron chi connectivity index (χ0n) is 9.49. The van der Waals surface area contributed by atoms with Gasteiger partial charge in [-0.3, -0.25) is 19.8 Å². The fourth-order valence-corrected chi connectivity index (χ4v) is 1.07. The molecule has 0 saturated heterocycles. The van der Waals surface area contributed by atoms with Gasteiger partial charge in [-0.15, -0.1) is 0 Å². The predicted molar refractivity (Wildman–Crippen MR) is 60.7 cm³/mol. The van der Waals surface area contributed by atoms with E-state index in [0.717, 1.165) is 0 Å². The summed E-state index contributed by atoms with van der Waals surface area (Å²) in [7, 11) is 0. The molecule has 0 atom stereocenters. The van der Waals surface area contributed by atoms with Crippen molar-refractivity contribution in [2.24, 2.45) is 15.7 Å². The first-order valence-corrected chi connectivity index (χ1v) is 4.90. The smallest absolute Gasteiger partial charge is 0.338 e. The van der Waals surface area contributed by atoms with E-state index in [4.69, 9.17) is 0 Å². The summed E-state index contributed by atoms with van der Waals surface area (Å²) in [4.78, 5) is 47.6. The molecule has 9 nitrogen and oxygen atoms in total. The van der Waals surface area contributed by atoms with Crippen LogP contribution in [-0.2, 0) is 14.4 Å². The monoisotopic (exact) mass is 263 g/mol. The van der Waals surface area contributed by atoms with Crippen molar-refractivity contribution in [2.75, 3.05) is 0 Å². The van der Waals surface area contributed by atoms with Gasteiger partial charge in [-0.25, -0.2) is 20.2 Å². The highest BCUT2D eigenvalue weighted by Gasteiger charge is 2.13. The van der Waals surface area contributed by atoms with Crippen LogP contribution in [0.15, 0.2) is 34.3 Å². The fraction of sp³-hybridized carbons (Fsp3) is 0. The average molecular weight is 263 g/mol. The Bertz CT molecular complexity index is 595. The second-order valence-corrected chi connectivity index (χ2v) is 3.07. The van der Waals surface area contributed by atoms with E-state index in [1.165, 1.54) is 0 Å². The zero-order valence-corrected chi connectivity index (χ0v) is 9.49. The Morgan fingerprint density at radius 3 is 1.89 bits per heavy atom. The van der Waals surface area contributed by atoms with Crippen LogP contribution in [0.3, 0.4) is 0 Å². The van der Waals surface area contributed by atoms with Crippen molar-refractivity contribution in [1.29, 1.82) is 0 Å². The van der Waals surface area contributed by atoms with Crippen molar-refractivity contribution in [3.05, 3.63) is 35.0 Å². The SMILES string of the molecule is NC(=O)NNC=O.O=C1N=c2ccccc2=NC1=O. The first kappa shape index (κ1) is 14.0. The molecule has 0 unspecified atom stereocenters. The molecule has 2 rings (SSSR count). The third-order valence-electron chi connectivity index (χ3n) is 1.76. The number of rotatable bonds is 2. The number of fused-ring (bicyclic) bond motifs is 1. The van der Waals surface area contributed by atoms with Crippen LogP contribution >= 0.6 is 0 Å². The van der Waals surface area contributed by atoms with E-state index in [1.807, 2.05) is 10.9 Å². The normalized spacial score (nSPS) is 11.8. The van der Waals surface area contributed by atoms with Crippen LogP contribution in [0, 0.1) is 0 Å². The highest BCUT2D eigenvalue weighted by atomic mass is 16.2. The van der Waals surface area contributed by atoms with Gasteiger partial charge in [0.1, 0.15) is 0 Å². The largest absolute Gasteiger partial charge is 0.350 e. The van der Waals surface area contributed by atoms with Crippen LogP contribution < -0.4 is 27.3 Å². The van der Waals surface area contributed by atoms with Crippen LogP contribution in [0.25, 0.3) is 0 Å². The number of hydrogen-bond donors (Lipinski definition) is 3. The third-order valence-corrected chi connectivity index (χ3v) is 1.76. The van der Waals surface area contributed by atoms with E-state index in [2.05, 4.69) is 15.7 Å². The molecule has 0 aliphatic carbocycles. The zero-order chi connectivity index (χ0) is 14.3. The molecule has 5 amide bonds. The summed E-state index contributed by atoms with van der Waals surface area (Å²) in [6, 6.07) is 5.97. The van der Waals surface area contributed by atoms with Crippen LogP contribution in [0.2, 0.25) is 0 Å². The van der Waals surface area contributed by atoms with Gasteiger partial charge in [-0.05, 0) is 12.1 Å². The molecule has 19 heavy (non-hydrogen) atoms. The standard InChI is InChI=1S/C8H4N2O2.C2H5N3O2/c11-7-8(12)10-6-4-2-1-3-5(6)9-7;3-2(7)5-4-1-6/h1-4H;1H,(H,4,6)(H3,3,5,7). The van der Waals surface area contributed by atoms with E-state index in [1.54, 1.807) is 24.3 Å². The molecular formula is C10H9N5O4. The minimum Gasteiger partial charge on any atom is -0.350 e. The van der Waals surface area contributed by atoms with E-state index >= 15 is 0 Å². The Morgan fingerprint density at radius 1 is 1.11 bits per heavy atom. The number of hydrogen-bond acceptors (Lipinski definition) is 4. The van der Waals surface area contributed by atoms with E-state index in [0.29, 0.717) is 17.1 Å². The molecule has 1 heterocycles. The molecule has 0 radical (unpaired) electrons. The minimum atomic E-state index is -0.797. The summed E-state index contributed by atoms with van der Waals surface area (Å²) >= 11 is 0. The summed E-state index contributed by atoms with van der Waals surface area (Å²) in [5, 5.41) is 0.921. The summed E-state index contributed by atoms with van der Waals surface area (Å²) < 4.78 is 0. The first-order valence-electron chi connectivity index (χ1n) is 4.90. The van der Waals surface area contributed by atoms with Crippen molar-refractivity contribution < 1.29 is 19.2 Å². The highest BCUT2D eigenvalue weighted by Crippen LogP contribution is 1.83. The lowest BCUT2D eigenvalue weighted by Crippen LogP contribution is -2.39. The number of nitrogens with two attached hydrogens (primary N) is 1. The number of primary amides is 1. The van der Waals surface area contributed by atoms with Gasteiger partial charge in [0.15, 0.2) is 0 Å². The summed E-state index contributed by atoms with van der Waals surface area (Å²) in [6.07, 6.45) is 0.310. The molecule has 0 fully saturated rings. The van der Waals surface area contributed by atoms with Crippen molar-refractivity contribution in [3.63, 3.8) is 0 Å². The fourth-order valence-electron chi connectivity index (χ4n) is 1.07. The Labute approximate surface area is 106 Å². The molecule has 0 aromatic heterocycles. The molecule has 1 aromatic rings. The van der Waals surface area contributed by atoms with Crippen LogP contribution in [0.5, 0.6) is 0 Å². The Kier molecular flexibility index (Phi) is 4.84. The number of hydrazine groups is 1. The number of nitrogens with one attached hydrogen (secondary N) is 2. The van der Waals surface area contributed by atoms with Gasteiger partial charge in [0.05, 0.1) is 10.7 Å². The second kappa shape index (κ2) is 6.59. The number of para-hydroxylation sites is 2. The first-order chi connectivity index (χ1) is 9.04. The average Bonchev–Trinajstić information content (AvgIpc) is 2.38. The maximum atomic E-state index is 10.7. The lowest BCUT2D eigenvalue weighted by molar-refractivity contribution is -0.135. The van der Waals surface area contributed by atoms with Gasteiger partial charge in [-0.1, -0.05) is 12.1 Å². The summed E-state index contributed by atoms with van der Waals surface area (Å²) in [5.74, 6) is -1.59. The van der Waals surface area contributed by atoms with Crippen LogP contribution in [-0.4, -0.2) is 24.3 Å². The van der Waals surface area contributed by atoms with Gasteiger partial charge in [0, 0.05) is 0 Å². The second-order valence-electron chi connectivity index (χ2n) is 3.07. The number of carbonyl (C=O) groups is 4. The molecule has 4 N–H and O–H groups in total. The van der Waals surface area contributed by atoms with Gasteiger partial charge in [0.25, 0.3) is 0 Å². The van der Waals surface area contributed by atoms with Crippen LogP contribution in [0.4, 0.5) is 4.79 Å². The molecule has 0 saturated carbocycles. The van der Waals surface area contributed by atoms with Gasteiger partial charge < -0.3 is 5.73 Å². The number of nitrogens with zero attached hydrogens (tertiary/aromatic N) is 2. The third kappa shape index (κ3) is 4.34. The molecule has 98 valence electrons. The Balaban J connectivity index is 0.000000224. The van der Waals surface area contributed by atoms with Gasteiger partial charge >= 0.3 is 17.8 Å². The molecule has 1 aliphatic rings. The van der Waals surface area contributed by atoms with E-state index in [-0.39, 0.29) is 0 Å². The Hall–Kier alpha value is -3.10. The number of amides is 5. The van der Waals surface area contributed by atoms with Crippen molar-refractivity contribution in [3.8, 4) is 0 Å². The number of urea groups is 1. The van der Waals surface area contributed by atoms with Gasteiger partial charge in [-0.2, -0.15) is 0 Å². The van der Waals surface area contributed by atoms with Crippen LogP contribution in [0.1, 0.15) is 0 Å². The Morgan fingerprint density at radius 2 is 1.58 bits per heavy atom. The predicted octanol–water partition coefficient (Wildman–Crippen LogP) is -2.69. The topological polar surface area (TPSA) is 143 Å². The van der Waals surface area contributed by atoms with Crippen molar-refractivity contribution in [2.45, 2.75) is 0 Å². The molecule has 0 spiro atoms. The molecule has 1 aromatic carbocycles. The molecule has 9 heteroatoms.